The maximum atomic E-state index is 10.6. The summed E-state index contributed by atoms with van der Waals surface area (Å²) < 4.78 is 6.24. The molecule has 0 aliphatic carbocycles. The first kappa shape index (κ1) is 19.6. The molecule has 0 unspecified atom stereocenters. The molecule has 154 valence electrons. The second kappa shape index (κ2) is 8.38. The van der Waals surface area contributed by atoms with Crippen LogP contribution in [0, 0.1) is 0 Å². The van der Waals surface area contributed by atoms with E-state index in [0.717, 1.165) is 40.3 Å². The molecule has 1 N–H and O–H groups in total. The lowest BCUT2D eigenvalue weighted by Gasteiger charge is -2.20. The smallest absolute Gasteiger partial charge is 0.208 e. The largest absolute Gasteiger partial charge is 0.499 e. The normalized spacial score (nSPS) is 12.7. The number of nitrogens with zero attached hydrogens (tertiary/aromatic N) is 1. The van der Waals surface area contributed by atoms with Gasteiger partial charge in [-0.3, -0.25) is 4.99 Å². The minimum Gasteiger partial charge on any atom is -0.499 e. The predicted molar refractivity (Wildman–Crippen MR) is 128 cm³/mol. The Morgan fingerprint density at radius 1 is 0.969 bits per heavy atom. The molecule has 1 aliphatic heterocycles. The minimum atomic E-state index is -0.417. The van der Waals surface area contributed by atoms with Crippen LogP contribution in [0.3, 0.4) is 0 Å². The molecule has 0 fully saturated rings. The van der Waals surface area contributed by atoms with E-state index < -0.39 is 5.76 Å². The number of benzene rings is 4. The first-order valence-corrected chi connectivity index (χ1v) is 10.3. The monoisotopic (exact) mass is 417 g/mol. The molecule has 4 nitrogen and oxygen atoms in total. The maximum Gasteiger partial charge on any atom is 0.208 e. The van der Waals surface area contributed by atoms with Crippen LogP contribution in [0.25, 0.3) is 22.3 Å². The number of carbonyl (C=O) groups excluding carboxylic acids is 1. The molecule has 0 spiro atoms. The number of hydrogen-bond acceptors (Lipinski definition) is 4. The number of aliphatic hydroxyl groups is 1. The van der Waals surface area contributed by atoms with Gasteiger partial charge in [-0.15, -0.1) is 0 Å². The Kier molecular flexibility index (Phi) is 5.12. The van der Waals surface area contributed by atoms with Crippen molar-refractivity contribution in [3.63, 3.8) is 0 Å². The average Bonchev–Trinajstić information content (AvgIpc) is 2.86. The molecule has 0 saturated heterocycles. The molecule has 0 atom stereocenters. The average molecular weight is 417 g/mol. The quantitative estimate of drug-likeness (QED) is 0.241. The van der Waals surface area contributed by atoms with Crippen LogP contribution in [0.1, 0.15) is 22.3 Å². The number of fused-ring (bicyclic) bond motifs is 2. The predicted octanol–water partition coefficient (Wildman–Crippen LogP) is 6.30. The lowest BCUT2D eigenvalue weighted by molar-refractivity contribution is 0.499. The zero-order chi connectivity index (χ0) is 21.9. The molecule has 0 saturated carbocycles. The fourth-order valence-corrected chi connectivity index (χ4v) is 3.85. The van der Waals surface area contributed by atoms with Crippen molar-refractivity contribution < 1.29 is 14.6 Å². The van der Waals surface area contributed by atoms with E-state index in [4.69, 9.17) is 4.74 Å². The Morgan fingerprint density at radius 2 is 1.81 bits per heavy atom. The SMILES string of the molecule is O=C=C(O)c1cccc(C=Nc2ccc3c(c2)CC=C(c2cccc4ccccc24)O3)c1. The Balaban J connectivity index is 1.39. The second-order valence-corrected chi connectivity index (χ2v) is 7.53. The molecular weight excluding hydrogens is 398 g/mol. The molecule has 4 aromatic carbocycles. The Hall–Kier alpha value is -4.40. The first-order chi connectivity index (χ1) is 15.7. The van der Waals surface area contributed by atoms with Crippen molar-refractivity contribution in [1.82, 2.24) is 0 Å². The topological polar surface area (TPSA) is 58.9 Å². The highest BCUT2D eigenvalue weighted by Gasteiger charge is 2.16. The minimum absolute atomic E-state index is 0.411. The summed E-state index contributed by atoms with van der Waals surface area (Å²) >= 11 is 0. The van der Waals surface area contributed by atoms with E-state index in [1.165, 1.54) is 16.7 Å². The number of hydrogen-bond donors (Lipinski definition) is 1. The molecule has 32 heavy (non-hydrogen) atoms. The summed E-state index contributed by atoms with van der Waals surface area (Å²) in [5.41, 5.74) is 4.14. The summed E-state index contributed by atoms with van der Waals surface area (Å²) in [4.78, 5) is 15.2. The second-order valence-electron chi connectivity index (χ2n) is 7.53. The lowest BCUT2D eigenvalue weighted by Crippen LogP contribution is -2.04. The van der Waals surface area contributed by atoms with Crippen molar-refractivity contribution in [2.45, 2.75) is 6.42 Å². The number of ether oxygens (including phenoxy) is 1. The Labute approximate surface area is 185 Å². The summed E-state index contributed by atoms with van der Waals surface area (Å²) in [6.45, 7) is 0. The lowest BCUT2D eigenvalue weighted by atomic mass is 10.00. The van der Waals surface area contributed by atoms with E-state index in [9.17, 15) is 9.90 Å². The third-order valence-corrected chi connectivity index (χ3v) is 5.45. The van der Waals surface area contributed by atoms with Crippen LogP contribution in [0.5, 0.6) is 5.75 Å². The number of aliphatic hydroxyl groups excluding tert-OH is 1. The fraction of sp³-hybridized carbons (Fsp3) is 0.0357. The van der Waals surface area contributed by atoms with E-state index in [1.54, 1.807) is 24.4 Å². The van der Waals surface area contributed by atoms with Crippen LogP contribution in [0.2, 0.25) is 0 Å². The molecule has 0 amide bonds. The Bertz CT molecular complexity index is 1440. The highest BCUT2D eigenvalue weighted by atomic mass is 16.5. The Morgan fingerprint density at radius 3 is 2.72 bits per heavy atom. The van der Waals surface area contributed by atoms with Crippen LogP contribution >= 0.6 is 0 Å². The van der Waals surface area contributed by atoms with E-state index in [-0.39, 0.29) is 0 Å². The van der Waals surface area contributed by atoms with Crippen molar-refractivity contribution >= 4 is 40.1 Å². The zero-order valence-electron chi connectivity index (χ0n) is 17.2. The molecular formula is C28H19NO3. The molecule has 0 aromatic heterocycles. The summed E-state index contributed by atoms with van der Waals surface area (Å²) in [6.07, 6.45) is 4.56. The van der Waals surface area contributed by atoms with Gasteiger partial charge in [0, 0.05) is 22.9 Å². The molecule has 1 aliphatic rings. The third kappa shape index (κ3) is 3.83. The van der Waals surface area contributed by atoms with Crippen LogP contribution in [0.4, 0.5) is 5.69 Å². The summed E-state index contributed by atoms with van der Waals surface area (Å²) in [6, 6.07) is 27.3. The van der Waals surface area contributed by atoms with Gasteiger partial charge in [-0.2, -0.15) is 0 Å². The number of aliphatic imine (C=N–C) groups is 1. The molecule has 1 heterocycles. The van der Waals surface area contributed by atoms with Gasteiger partial charge in [0.1, 0.15) is 11.5 Å². The van der Waals surface area contributed by atoms with Gasteiger partial charge in [-0.05, 0) is 53.1 Å². The molecule has 4 heteroatoms. The van der Waals surface area contributed by atoms with Gasteiger partial charge in [-0.1, -0.05) is 60.7 Å². The third-order valence-electron chi connectivity index (χ3n) is 5.45. The van der Waals surface area contributed by atoms with Crippen LogP contribution < -0.4 is 4.74 Å². The zero-order valence-corrected chi connectivity index (χ0v) is 17.2. The molecule has 0 bridgehead atoms. The van der Waals surface area contributed by atoms with Crippen LogP contribution in [-0.2, 0) is 11.2 Å². The van der Waals surface area contributed by atoms with Gasteiger partial charge >= 0.3 is 0 Å². The highest BCUT2D eigenvalue weighted by molar-refractivity contribution is 5.93. The summed E-state index contributed by atoms with van der Waals surface area (Å²) in [5, 5.41) is 11.9. The first-order valence-electron chi connectivity index (χ1n) is 10.3. The van der Waals surface area contributed by atoms with E-state index in [0.29, 0.717) is 5.56 Å². The molecule has 5 rings (SSSR count). The van der Waals surface area contributed by atoms with Crippen molar-refractivity contribution in [2.24, 2.45) is 4.99 Å². The molecule has 4 aromatic rings. The van der Waals surface area contributed by atoms with Crippen molar-refractivity contribution in [1.29, 1.82) is 0 Å². The van der Waals surface area contributed by atoms with Crippen LogP contribution in [0.15, 0.2) is 96.0 Å². The number of allylic oxidation sites excluding steroid dienone is 1. The standard InChI is InChI=1S/C28H19NO3/c30-18-26(31)21-8-3-5-19(15-21)17-29-23-12-14-27-22(16-23)11-13-28(32-27)25-10-4-7-20-6-1-2-9-24(20)25/h1-10,12-17,31H,11H2. The van der Waals surface area contributed by atoms with E-state index in [1.807, 2.05) is 36.4 Å². The van der Waals surface area contributed by atoms with Gasteiger partial charge in [-0.25, -0.2) is 4.79 Å². The highest BCUT2D eigenvalue weighted by Crippen LogP contribution is 2.35. The van der Waals surface area contributed by atoms with E-state index >= 15 is 0 Å². The number of rotatable bonds is 4. The fourth-order valence-electron chi connectivity index (χ4n) is 3.85. The maximum absolute atomic E-state index is 10.6. The summed E-state index contributed by atoms with van der Waals surface area (Å²) in [7, 11) is 0. The van der Waals surface area contributed by atoms with Crippen LogP contribution in [-0.4, -0.2) is 17.3 Å². The van der Waals surface area contributed by atoms with Gasteiger partial charge in [0.15, 0.2) is 5.94 Å². The van der Waals surface area contributed by atoms with Gasteiger partial charge < -0.3 is 9.84 Å². The van der Waals surface area contributed by atoms with Gasteiger partial charge in [0.05, 0.1) is 5.69 Å². The van der Waals surface area contributed by atoms with E-state index in [2.05, 4.69) is 41.4 Å². The van der Waals surface area contributed by atoms with Crippen molar-refractivity contribution in [3.05, 3.63) is 113 Å². The van der Waals surface area contributed by atoms with Gasteiger partial charge in [0.25, 0.3) is 0 Å². The summed E-state index contributed by atoms with van der Waals surface area (Å²) in [5.74, 6) is 2.78. The van der Waals surface area contributed by atoms with Gasteiger partial charge in [0.2, 0.25) is 5.76 Å². The van der Waals surface area contributed by atoms with Crippen molar-refractivity contribution in [2.75, 3.05) is 0 Å². The molecule has 0 radical (unpaired) electrons. The van der Waals surface area contributed by atoms with Crippen molar-refractivity contribution in [3.8, 4) is 5.75 Å².